The molecular formula is C16H23ClN8. The van der Waals surface area contributed by atoms with E-state index in [0.29, 0.717) is 17.8 Å². The number of halogens is 1. The molecule has 1 fully saturated rings. The molecule has 134 valence electrons. The standard InChI is InChI=1S/C16H22N8.ClH/c1-10-14(8-18-21-10)15-20-16(11-3-5-12(17)6-4-11)24(22-15)13-7-19-23(2)9-13;/h7-9,11-12H,3-6,17H2,1-2H3,(H,18,21);1H. The van der Waals surface area contributed by atoms with Crippen LogP contribution in [-0.4, -0.2) is 40.8 Å². The fourth-order valence-electron chi connectivity index (χ4n) is 3.36. The molecule has 1 aliphatic rings. The summed E-state index contributed by atoms with van der Waals surface area (Å²) in [7, 11) is 1.90. The number of aromatic amines is 1. The van der Waals surface area contributed by atoms with Gasteiger partial charge in [-0.05, 0) is 32.6 Å². The van der Waals surface area contributed by atoms with Crippen molar-refractivity contribution in [2.75, 3.05) is 0 Å². The molecule has 0 amide bonds. The highest BCUT2D eigenvalue weighted by atomic mass is 35.5. The zero-order chi connectivity index (χ0) is 16.7. The maximum atomic E-state index is 6.06. The summed E-state index contributed by atoms with van der Waals surface area (Å²) >= 11 is 0. The van der Waals surface area contributed by atoms with Crippen molar-refractivity contribution < 1.29 is 0 Å². The highest BCUT2D eigenvalue weighted by Gasteiger charge is 2.27. The van der Waals surface area contributed by atoms with Crippen LogP contribution in [0.3, 0.4) is 0 Å². The number of hydrogen-bond donors (Lipinski definition) is 2. The van der Waals surface area contributed by atoms with Crippen molar-refractivity contribution >= 4 is 12.4 Å². The van der Waals surface area contributed by atoms with Crippen LogP contribution in [0.1, 0.15) is 43.1 Å². The van der Waals surface area contributed by atoms with Gasteiger partial charge in [0.05, 0.1) is 24.2 Å². The summed E-state index contributed by atoms with van der Waals surface area (Å²) in [5.74, 6) is 2.07. The van der Waals surface area contributed by atoms with Crippen molar-refractivity contribution in [3.63, 3.8) is 0 Å². The minimum absolute atomic E-state index is 0. The lowest BCUT2D eigenvalue weighted by atomic mass is 9.86. The minimum Gasteiger partial charge on any atom is -0.328 e. The van der Waals surface area contributed by atoms with E-state index in [0.717, 1.165) is 48.5 Å². The zero-order valence-corrected chi connectivity index (χ0v) is 15.2. The first-order valence-corrected chi connectivity index (χ1v) is 8.33. The zero-order valence-electron chi connectivity index (χ0n) is 14.4. The molecule has 8 nitrogen and oxygen atoms in total. The first kappa shape index (κ1) is 17.6. The highest BCUT2D eigenvalue weighted by Crippen LogP contribution is 2.33. The topological polar surface area (TPSA) is 103 Å². The van der Waals surface area contributed by atoms with E-state index >= 15 is 0 Å². The third kappa shape index (κ3) is 3.32. The average molecular weight is 363 g/mol. The molecule has 3 aromatic heterocycles. The Balaban J connectivity index is 0.00000182. The van der Waals surface area contributed by atoms with Crippen molar-refractivity contribution in [1.82, 2.24) is 34.7 Å². The molecule has 0 bridgehead atoms. The van der Waals surface area contributed by atoms with Gasteiger partial charge in [0.1, 0.15) is 11.5 Å². The fraction of sp³-hybridized carbons (Fsp3) is 0.500. The predicted octanol–water partition coefficient (Wildman–Crippen LogP) is 2.11. The Hall–Kier alpha value is -2.19. The minimum atomic E-state index is 0. The summed E-state index contributed by atoms with van der Waals surface area (Å²) in [6.45, 7) is 1.98. The van der Waals surface area contributed by atoms with Gasteiger partial charge in [0.2, 0.25) is 0 Å². The first-order chi connectivity index (χ1) is 11.6. The van der Waals surface area contributed by atoms with E-state index in [-0.39, 0.29) is 12.4 Å². The molecule has 0 aliphatic heterocycles. The van der Waals surface area contributed by atoms with Gasteiger partial charge in [-0.15, -0.1) is 17.5 Å². The number of aryl methyl sites for hydroxylation is 2. The van der Waals surface area contributed by atoms with Gasteiger partial charge in [-0.3, -0.25) is 9.78 Å². The Morgan fingerprint density at radius 3 is 2.56 bits per heavy atom. The van der Waals surface area contributed by atoms with E-state index in [1.54, 1.807) is 10.9 Å². The van der Waals surface area contributed by atoms with Crippen LogP contribution in [0.25, 0.3) is 17.1 Å². The van der Waals surface area contributed by atoms with Crippen LogP contribution in [-0.2, 0) is 7.05 Å². The molecule has 9 heteroatoms. The summed E-state index contributed by atoms with van der Waals surface area (Å²) in [5.41, 5.74) is 8.90. The summed E-state index contributed by atoms with van der Waals surface area (Å²) < 4.78 is 3.70. The van der Waals surface area contributed by atoms with Gasteiger partial charge in [-0.25, -0.2) is 9.67 Å². The summed E-state index contributed by atoms with van der Waals surface area (Å²) in [6.07, 6.45) is 9.71. The summed E-state index contributed by atoms with van der Waals surface area (Å²) in [5, 5.41) is 16.1. The molecule has 0 saturated heterocycles. The Kier molecular flexibility index (Phi) is 4.91. The van der Waals surface area contributed by atoms with Crippen LogP contribution in [0.15, 0.2) is 18.6 Å². The van der Waals surface area contributed by atoms with Gasteiger partial charge in [-0.1, -0.05) is 0 Å². The van der Waals surface area contributed by atoms with Gasteiger partial charge in [0.15, 0.2) is 5.82 Å². The molecule has 25 heavy (non-hydrogen) atoms. The number of nitrogens with zero attached hydrogens (tertiary/aromatic N) is 6. The molecule has 1 aliphatic carbocycles. The molecule has 3 heterocycles. The highest BCUT2D eigenvalue weighted by molar-refractivity contribution is 5.85. The number of hydrogen-bond acceptors (Lipinski definition) is 5. The average Bonchev–Trinajstić information content (AvgIpc) is 3.27. The van der Waals surface area contributed by atoms with Gasteiger partial charge in [0.25, 0.3) is 0 Å². The second kappa shape index (κ2) is 6.97. The normalized spacial score (nSPS) is 20.4. The lowest BCUT2D eigenvalue weighted by molar-refractivity contribution is 0.380. The van der Waals surface area contributed by atoms with Crippen molar-refractivity contribution in [3.8, 4) is 17.1 Å². The number of nitrogens with two attached hydrogens (primary N) is 1. The number of rotatable bonds is 3. The summed E-state index contributed by atoms with van der Waals surface area (Å²) in [6, 6.07) is 0.312. The molecule has 0 radical (unpaired) electrons. The predicted molar refractivity (Wildman–Crippen MR) is 96.9 cm³/mol. The Morgan fingerprint density at radius 1 is 1.20 bits per heavy atom. The van der Waals surface area contributed by atoms with Crippen LogP contribution < -0.4 is 5.73 Å². The number of aromatic nitrogens is 7. The Morgan fingerprint density at radius 2 is 1.96 bits per heavy atom. The molecule has 4 rings (SSSR count). The molecule has 0 atom stereocenters. The van der Waals surface area contributed by atoms with Crippen molar-refractivity contribution in [2.45, 2.75) is 44.6 Å². The van der Waals surface area contributed by atoms with Gasteiger partial charge >= 0.3 is 0 Å². The molecule has 0 unspecified atom stereocenters. The summed E-state index contributed by atoms with van der Waals surface area (Å²) in [4.78, 5) is 4.86. The second-order valence-electron chi connectivity index (χ2n) is 6.60. The lowest BCUT2D eigenvalue weighted by Crippen LogP contribution is -2.26. The number of H-pyrrole nitrogens is 1. The molecular weight excluding hydrogens is 340 g/mol. The maximum Gasteiger partial charge on any atom is 0.185 e. The SMILES string of the molecule is Cc1[nH]ncc1-c1nc(C2CCC(N)CC2)n(-c2cnn(C)c2)n1.Cl. The van der Waals surface area contributed by atoms with Crippen LogP contribution in [0.4, 0.5) is 0 Å². The maximum absolute atomic E-state index is 6.06. The van der Waals surface area contributed by atoms with Gasteiger partial charge < -0.3 is 5.73 Å². The fourth-order valence-corrected chi connectivity index (χ4v) is 3.36. The first-order valence-electron chi connectivity index (χ1n) is 8.33. The monoisotopic (exact) mass is 362 g/mol. The van der Waals surface area contributed by atoms with E-state index in [4.69, 9.17) is 15.8 Å². The van der Waals surface area contributed by atoms with Crippen LogP contribution >= 0.6 is 12.4 Å². The van der Waals surface area contributed by atoms with E-state index in [1.165, 1.54) is 0 Å². The lowest BCUT2D eigenvalue weighted by Gasteiger charge is -2.25. The Bertz CT molecular complexity index is 840. The van der Waals surface area contributed by atoms with Crippen LogP contribution in [0.5, 0.6) is 0 Å². The van der Waals surface area contributed by atoms with Gasteiger partial charge in [-0.2, -0.15) is 10.2 Å². The van der Waals surface area contributed by atoms with Crippen LogP contribution in [0.2, 0.25) is 0 Å². The van der Waals surface area contributed by atoms with Crippen LogP contribution in [0, 0.1) is 6.92 Å². The third-order valence-electron chi connectivity index (χ3n) is 4.78. The molecule has 3 N–H and O–H groups in total. The van der Waals surface area contributed by atoms with E-state index in [2.05, 4.69) is 15.3 Å². The second-order valence-corrected chi connectivity index (χ2v) is 6.60. The molecule has 3 aromatic rings. The van der Waals surface area contributed by atoms with Crippen molar-refractivity contribution in [1.29, 1.82) is 0 Å². The largest absolute Gasteiger partial charge is 0.328 e. The van der Waals surface area contributed by atoms with E-state index in [9.17, 15) is 0 Å². The van der Waals surface area contributed by atoms with Crippen molar-refractivity contribution in [3.05, 3.63) is 30.1 Å². The van der Waals surface area contributed by atoms with Gasteiger partial charge in [0, 0.05) is 24.7 Å². The van der Waals surface area contributed by atoms with E-state index in [1.807, 2.05) is 31.0 Å². The quantitative estimate of drug-likeness (QED) is 0.742. The number of nitrogens with one attached hydrogen (secondary N) is 1. The third-order valence-corrected chi connectivity index (χ3v) is 4.78. The van der Waals surface area contributed by atoms with E-state index < -0.39 is 0 Å². The molecule has 0 aromatic carbocycles. The molecule has 0 spiro atoms. The molecule has 1 saturated carbocycles. The smallest absolute Gasteiger partial charge is 0.185 e. The Labute approximate surface area is 152 Å². The van der Waals surface area contributed by atoms with Crippen molar-refractivity contribution in [2.24, 2.45) is 12.8 Å².